The zero-order valence-corrected chi connectivity index (χ0v) is 14.1. The van der Waals surface area contributed by atoms with Crippen molar-refractivity contribution in [3.05, 3.63) is 60.4 Å². The molecule has 0 fully saturated rings. The predicted octanol–water partition coefficient (Wildman–Crippen LogP) is 1.87. The molecule has 9 heteroatoms. The lowest BCUT2D eigenvalue weighted by atomic mass is 10.2. The normalized spacial score (nSPS) is 10.2. The highest BCUT2D eigenvalue weighted by Crippen LogP contribution is 2.21. The zero-order chi connectivity index (χ0) is 19.2. The number of carbonyl (C=O) groups excluding carboxylic acids is 1. The van der Waals surface area contributed by atoms with Crippen LogP contribution in [-0.4, -0.2) is 38.5 Å². The molecule has 0 bridgehead atoms. The Balaban J connectivity index is 1.90. The minimum Gasteiger partial charge on any atom is -0.480 e. The highest BCUT2D eigenvalue weighted by molar-refractivity contribution is 6.04. The number of nitrogens with zero attached hydrogens (tertiary/aromatic N) is 3. The Hall–Kier alpha value is -4.01. The van der Waals surface area contributed by atoms with E-state index in [1.165, 1.54) is 0 Å². The third-order valence-electron chi connectivity index (χ3n) is 3.50. The Morgan fingerprint density at radius 2 is 1.89 bits per heavy atom. The molecule has 0 saturated heterocycles. The Morgan fingerprint density at radius 1 is 1.11 bits per heavy atom. The number of nitrogens with one attached hydrogen (secondary N) is 2. The number of carboxylic acid groups (broad SMARTS) is 1. The number of pyridine rings is 1. The van der Waals surface area contributed by atoms with Gasteiger partial charge in [0.05, 0.1) is 5.69 Å². The van der Waals surface area contributed by atoms with Crippen LogP contribution >= 0.6 is 0 Å². The number of hydrogen-bond donors (Lipinski definition) is 4. The predicted molar refractivity (Wildman–Crippen MR) is 100 cm³/mol. The van der Waals surface area contributed by atoms with Gasteiger partial charge < -0.3 is 21.5 Å². The summed E-state index contributed by atoms with van der Waals surface area (Å²) in [5.74, 6) is -1.14. The lowest BCUT2D eigenvalue weighted by Gasteiger charge is -2.10. The smallest absolute Gasteiger partial charge is 0.322 e. The van der Waals surface area contributed by atoms with Gasteiger partial charge >= 0.3 is 5.97 Å². The maximum atomic E-state index is 12.4. The van der Waals surface area contributed by atoms with Crippen LogP contribution in [0.5, 0.6) is 0 Å². The van der Waals surface area contributed by atoms with Gasteiger partial charge in [0.1, 0.15) is 12.4 Å². The molecular weight excluding hydrogens is 348 g/mol. The Kier molecular flexibility index (Phi) is 5.22. The molecule has 0 saturated carbocycles. The van der Waals surface area contributed by atoms with Crippen LogP contribution in [-0.2, 0) is 4.79 Å². The fourth-order valence-corrected chi connectivity index (χ4v) is 2.23. The van der Waals surface area contributed by atoms with Crippen molar-refractivity contribution in [1.82, 2.24) is 15.0 Å². The molecule has 0 unspecified atom stereocenters. The summed E-state index contributed by atoms with van der Waals surface area (Å²) in [6.07, 6.45) is 3.23. The lowest BCUT2D eigenvalue weighted by molar-refractivity contribution is -0.134. The first kappa shape index (κ1) is 17.8. The summed E-state index contributed by atoms with van der Waals surface area (Å²) in [6, 6.07) is 11.6. The number of hydrogen-bond acceptors (Lipinski definition) is 7. The number of nitrogen functional groups attached to an aromatic ring is 1. The van der Waals surface area contributed by atoms with Gasteiger partial charge in [-0.1, -0.05) is 0 Å². The van der Waals surface area contributed by atoms with Crippen molar-refractivity contribution in [2.24, 2.45) is 0 Å². The van der Waals surface area contributed by atoms with Gasteiger partial charge in [-0.2, -0.15) is 4.98 Å². The number of carboxylic acids is 1. The van der Waals surface area contributed by atoms with Crippen LogP contribution in [0.3, 0.4) is 0 Å². The molecule has 0 radical (unpaired) electrons. The lowest BCUT2D eigenvalue weighted by Crippen LogP contribution is -2.17. The molecule has 136 valence electrons. The summed E-state index contributed by atoms with van der Waals surface area (Å²) < 4.78 is 0. The molecule has 0 atom stereocenters. The molecule has 0 aliphatic heterocycles. The number of aliphatic carboxylic acids is 1. The van der Waals surface area contributed by atoms with Gasteiger partial charge in [-0.05, 0) is 36.4 Å². The number of anilines is 3. The van der Waals surface area contributed by atoms with Crippen LogP contribution in [0.2, 0.25) is 0 Å². The van der Waals surface area contributed by atoms with Crippen molar-refractivity contribution in [3.8, 4) is 11.3 Å². The monoisotopic (exact) mass is 364 g/mol. The highest BCUT2D eigenvalue weighted by Gasteiger charge is 2.12. The first-order valence-corrected chi connectivity index (χ1v) is 7.93. The summed E-state index contributed by atoms with van der Waals surface area (Å²) in [4.78, 5) is 35.7. The van der Waals surface area contributed by atoms with Crippen LogP contribution in [0.25, 0.3) is 11.3 Å². The van der Waals surface area contributed by atoms with Crippen molar-refractivity contribution in [2.45, 2.75) is 0 Å². The van der Waals surface area contributed by atoms with Gasteiger partial charge in [-0.15, -0.1) is 0 Å². The third-order valence-corrected chi connectivity index (χ3v) is 3.50. The maximum absolute atomic E-state index is 12.4. The molecule has 3 aromatic rings. The number of benzene rings is 1. The molecule has 3 rings (SSSR count). The molecule has 5 N–H and O–H groups in total. The number of carbonyl (C=O) groups is 2. The molecule has 0 aliphatic rings. The molecule has 27 heavy (non-hydrogen) atoms. The summed E-state index contributed by atoms with van der Waals surface area (Å²) in [5, 5.41) is 14.1. The first-order valence-electron chi connectivity index (χ1n) is 7.93. The van der Waals surface area contributed by atoms with Crippen molar-refractivity contribution >= 4 is 29.3 Å². The summed E-state index contributed by atoms with van der Waals surface area (Å²) in [7, 11) is 0. The molecule has 0 aliphatic carbocycles. The van der Waals surface area contributed by atoms with E-state index in [0.29, 0.717) is 22.5 Å². The van der Waals surface area contributed by atoms with Gasteiger partial charge in [-0.3, -0.25) is 14.6 Å². The number of rotatable bonds is 6. The Morgan fingerprint density at radius 3 is 2.56 bits per heavy atom. The van der Waals surface area contributed by atoms with E-state index in [-0.39, 0.29) is 24.2 Å². The second-order valence-corrected chi connectivity index (χ2v) is 5.53. The minimum absolute atomic E-state index is 0.0753. The maximum Gasteiger partial charge on any atom is 0.322 e. The van der Waals surface area contributed by atoms with Crippen LogP contribution in [0.1, 0.15) is 10.4 Å². The SMILES string of the molecule is Nc1ccc(C(=O)Nc2cc(-c3cccnc3)nc(NCC(=O)O)n2)cc1. The van der Waals surface area contributed by atoms with E-state index in [2.05, 4.69) is 25.6 Å². The Bertz CT molecular complexity index is 961. The van der Waals surface area contributed by atoms with E-state index in [0.717, 1.165) is 0 Å². The highest BCUT2D eigenvalue weighted by atomic mass is 16.4. The molecule has 2 heterocycles. The molecule has 0 spiro atoms. The quantitative estimate of drug-likeness (QED) is 0.485. The van der Waals surface area contributed by atoms with E-state index >= 15 is 0 Å². The van der Waals surface area contributed by atoms with E-state index in [1.807, 2.05) is 0 Å². The van der Waals surface area contributed by atoms with Crippen LogP contribution < -0.4 is 16.4 Å². The average Bonchev–Trinajstić information content (AvgIpc) is 2.67. The standard InChI is InChI=1S/C18H16N6O3/c19-13-5-3-11(4-6-13)17(27)23-15-8-14(12-2-1-7-20-9-12)22-18(24-15)21-10-16(25)26/h1-9H,10,19H2,(H,25,26)(H2,21,22,23,24,27). The van der Waals surface area contributed by atoms with Gasteiger partial charge in [0.25, 0.3) is 5.91 Å². The average molecular weight is 364 g/mol. The Labute approximate surface area is 154 Å². The molecule has 1 amide bonds. The molecular formula is C18H16N6O3. The van der Waals surface area contributed by atoms with E-state index < -0.39 is 5.97 Å². The fraction of sp³-hybridized carbons (Fsp3) is 0.0556. The van der Waals surface area contributed by atoms with Crippen molar-refractivity contribution in [2.75, 3.05) is 22.9 Å². The second-order valence-electron chi connectivity index (χ2n) is 5.53. The molecule has 2 aromatic heterocycles. The zero-order valence-electron chi connectivity index (χ0n) is 14.1. The second kappa shape index (κ2) is 7.91. The van der Waals surface area contributed by atoms with E-state index in [9.17, 15) is 9.59 Å². The number of nitrogens with two attached hydrogens (primary N) is 1. The summed E-state index contributed by atoms with van der Waals surface area (Å²) in [5.41, 5.74) is 7.76. The van der Waals surface area contributed by atoms with Crippen molar-refractivity contribution in [3.63, 3.8) is 0 Å². The molecule has 9 nitrogen and oxygen atoms in total. The van der Waals surface area contributed by atoms with Gasteiger partial charge in [-0.25, -0.2) is 4.98 Å². The largest absolute Gasteiger partial charge is 0.480 e. The fourth-order valence-electron chi connectivity index (χ4n) is 2.23. The number of aromatic nitrogens is 3. The van der Waals surface area contributed by atoms with Crippen molar-refractivity contribution < 1.29 is 14.7 Å². The van der Waals surface area contributed by atoms with Crippen LogP contribution in [0.15, 0.2) is 54.9 Å². The third kappa shape index (κ3) is 4.75. The topological polar surface area (TPSA) is 143 Å². The number of amides is 1. The van der Waals surface area contributed by atoms with E-state index in [1.54, 1.807) is 54.9 Å². The first-order chi connectivity index (χ1) is 13.0. The summed E-state index contributed by atoms with van der Waals surface area (Å²) >= 11 is 0. The van der Waals surface area contributed by atoms with Gasteiger partial charge in [0.2, 0.25) is 5.95 Å². The minimum atomic E-state index is -1.06. The van der Waals surface area contributed by atoms with Crippen LogP contribution in [0, 0.1) is 0 Å². The van der Waals surface area contributed by atoms with E-state index in [4.69, 9.17) is 10.8 Å². The van der Waals surface area contributed by atoms with Crippen molar-refractivity contribution in [1.29, 1.82) is 0 Å². The summed E-state index contributed by atoms with van der Waals surface area (Å²) in [6.45, 7) is -0.359. The van der Waals surface area contributed by atoms with Gasteiger partial charge in [0, 0.05) is 35.3 Å². The van der Waals surface area contributed by atoms with Gasteiger partial charge in [0.15, 0.2) is 0 Å². The van der Waals surface area contributed by atoms with Crippen LogP contribution in [0.4, 0.5) is 17.5 Å². The molecule has 1 aromatic carbocycles.